The van der Waals surface area contributed by atoms with Crippen LogP contribution in [0.15, 0.2) is 41.0 Å². The second kappa shape index (κ2) is 4.10. The van der Waals surface area contributed by atoms with Gasteiger partial charge >= 0.3 is 0 Å². The number of halogens is 1. The molecule has 5 heteroatoms. The van der Waals surface area contributed by atoms with Crippen LogP contribution in [0.25, 0.3) is 16.9 Å². The zero-order valence-electron chi connectivity index (χ0n) is 9.76. The Kier molecular flexibility index (Phi) is 2.56. The molecule has 90 valence electrons. The minimum atomic E-state index is 0.449. The van der Waals surface area contributed by atoms with Crippen molar-refractivity contribution in [2.45, 2.75) is 6.92 Å². The molecule has 3 aromatic rings. The summed E-state index contributed by atoms with van der Waals surface area (Å²) in [6.45, 7) is 2.04. The second-order valence-electron chi connectivity index (χ2n) is 4.08. The van der Waals surface area contributed by atoms with Crippen molar-refractivity contribution in [1.82, 2.24) is 14.5 Å². The molecule has 4 nitrogen and oxygen atoms in total. The van der Waals surface area contributed by atoms with Crippen LogP contribution in [0.2, 0.25) is 0 Å². The normalized spacial score (nSPS) is 11.0. The first-order chi connectivity index (χ1) is 8.66. The van der Waals surface area contributed by atoms with Gasteiger partial charge in [-0.2, -0.15) is 0 Å². The van der Waals surface area contributed by atoms with Crippen LogP contribution in [0, 0.1) is 6.92 Å². The molecule has 0 spiro atoms. The van der Waals surface area contributed by atoms with Crippen LogP contribution >= 0.6 is 15.9 Å². The average molecular weight is 303 g/mol. The van der Waals surface area contributed by atoms with E-state index in [1.165, 1.54) is 0 Å². The molecule has 2 heterocycles. The summed E-state index contributed by atoms with van der Waals surface area (Å²) in [5.74, 6) is 0.449. The fourth-order valence-corrected chi connectivity index (χ4v) is 2.34. The number of nitrogens with two attached hydrogens (primary N) is 1. The summed E-state index contributed by atoms with van der Waals surface area (Å²) >= 11 is 3.48. The van der Waals surface area contributed by atoms with E-state index in [-0.39, 0.29) is 0 Å². The molecule has 0 saturated carbocycles. The smallest absolute Gasteiger partial charge is 0.207 e. The quantitative estimate of drug-likeness (QED) is 0.751. The lowest BCUT2D eigenvalue weighted by Crippen LogP contribution is -2.03. The highest BCUT2D eigenvalue weighted by atomic mass is 79.9. The Labute approximate surface area is 113 Å². The SMILES string of the molecule is Cc1ccc(Br)cc1-n1c(N)nc2cccnc21. The molecule has 1 aromatic carbocycles. The Hall–Kier alpha value is -1.88. The van der Waals surface area contributed by atoms with Crippen molar-refractivity contribution in [2.75, 3.05) is 5.73 Å². The van der Waals surface area contributed by atoms with E-state index in [0.717, 1.165) is 26.9 Å². The minimum absolute atomic E-state index is 0.449. The highest BCUT2D eigenvalue weighted by molar-refractivity contribution is 9.10. The lowest BCUT2D eigenvalue weighted by atomic mass is 10.2. The molecule has 0 radical (unpaired) electrons. The average Bonchev–Trinajstić information content (AvgIpc) is 2.68. The molecular weight excluding hydrogens is 292 g/mol. The molecule has 2 N–H and O–H groups in total. The molecule has 0 saturated heterocycles. The number of nitrogen functional groups attached to an aromatic ring is 1. The van der Waals surface area contributed by atoms with Crippen LogP contribution in [0.3, 0.4) is 0 Å². The van der Waals surface area contributed by atoms with Gasteiger partial charge in [0.2, 0.25) is 5.95 Å². The van der Waals surface area contributed by atoms with Crippen molar-refractivity contribution in [2.24, 2.45) is 0 Å². The largest absolute Gasteiger partial charge is 0.369 e. The minimum Gasteiger partial charge on any atom is -0.369 e. The van der Waals surface area contributed by atoms with Gasteiger partial charge in [0.1, 0.15) is 5.52 Å². The molecule has 0 aliphatic heterocycles. The summed E-state index contributed by atoms with van der Waals surface area (Å²) in [4.78, 5) is 8.68. The molecule has 0 unspecified atom stereocenters. The first-order valence-electron chi connectivity index (χ1n) is 5.52. The molecule has 0 bridgehead atoms. The van der Waals surface area contributed by atoms with Crippen molar-refractivity contribution in [1.29, 1.82) is 0 Å². The number of hydrogen-bond acceptors (Lipinski definition) is 3. The maximum Gasteiger partial charge on any atom is 0.207 e. The van der Waals surface area contributed by atoms with Crippen molar-refractivity contribution >= 4 is 33.0 Å². The van der Waals surface area contributed by atoms with E-state index < -0.39 is 0 Å². The molecule has 0 fully saturated rings. The number of nitrogens with zero attached hydrogens (tertiary/aromatic N) is 3. The number of fused-ring (bicyclic) bond motifs is 1. The molecule has 0 amide bonds. The third-order valence-electron chi connectivity index (χ3n) is 2.85. The number of anilines is 1. The van der Waals surface area contributed by atoms with Crippen molar-refractivity contribution in [3.05, 3.63) is 46.6 Å². The molecule has 0 atom stereocenters. The summed E-state index contributed by atoms with van der Waals surface area (Å²) in [7, 11) is 0. The van der Waals surface area contributed by atoms with Crippen molar-refractivity contribution in [3.63, 3.8) is 0 Å². The lowest BCUT2D eigenvalue weighted by Gasteiger charge is -2.09. The van der Waals surface area contributed by atoms with Gasteiger partial charge in [0.25, 0.3) is 0 Å². The van der Waals surface area contributed by atoms with E-state index in [9.17, 15) is 0 Å². The van der Waals surface area contributed by atoms with Gasteiger partial charge in [-0.05, 0) is 36.8 Å². The summed E-state index contributed by atoms with van der Waals surface area (Å²) in [5, 5.41) is 0. The fourth-order valence-electron chi connectivity index (χ4n) is 1.99. The number of benzene rings is 1. The number of aromatic nitrogens is 3. The topological polar surface area (TPSA) is 56.7 Å². The fraction of sp³-hybridized carbons (Fsp3) is 0.0769. The van der Waals surface area contributed by atoms with Gasteiger partial charge in [0.05, 0.1) is 5.69 Å². The van der Waals surface area contributed by atoms with Gasteiger partial charge in [-0.15, -0.1) is 0 Å². The second-order valence-corrected chi connectivity index (χ2v) is 5.00. The first kappa shape index (κ1) is 11.2. The third-order valence-corrected chi connectivity index (χ3v) is 3.35. The number of hydrogen-bond donors (Lipinski definition) is 1. The maximum atomic E-state index is 6.00. The maximum absolute atomic E-state index is 6.00. The van der Waals surface area contributed by atoms with E-state index in [0.29, 0.717) is 5.95 Å². The number of rotatable bonds is 1. The van der Waals surface area contributed by atoms with Crippen LogP contribution < -0.4 is 5.73 Å². The summed E-state index contributed by atoms with van der Waals surface area (Å²) in [6, 6.07) is 9.81. The highest BCUT2D eigenvalue weighted by Crippen LogP contribution is 2.26. The Morgan fingerprint density at radius 3 is 2.94 bits per heavy atom. The monoisotopic (exact) mass is 302 g/mol. The van der Waals surface area contributed by atoms with Gasteiger partial charge in [-0.3, -0.25) is 4.57 Å². The van der Waals surface area contributed by atoms with E-state index in [1.54, 1.807) is 6.20 Å². The summed E-state index contributed by atoms with van der Waals surface area (Å²) in [5.41, 5.74) is 9.68. The van der Waals surface area contributed by atoms with Crippen LogP contribution in [0.5, 0.6) is 0 Å². The molecule has 0 aliphatic carbocycles. The zero-order chi connectivity index (χ0) is 12.7. The van der Waals surface area contributed by atoms with Gasteiger partial charge < -0.3 is 5.73 Å². The summed E-state index contributed by atoms with van der Waals surface area (Å²) < 4.78 is 2.87. The van der Waals surface area contributed by atoms with E-state index in [1.807, 2.05) is 41.8 Å². The standard InChI is InChI=1S/C13H11BrN4/c1-8-4-5-9(14)7-11(8)18-12-10(17-13(18)15)3-2-6-16-12/h2-7H,1H3,(H2,15,17). The van der Waals surface area contributed by atoms with Crippen LogP contribution in [-0.2, 0) is 0 Å². The van der Waals surface area contributed by atoms with Crippen molar-refractivity contribution in [3.8, 4) is 5.69 Å². The molecular formula is C13H11BrN4. The Morgan fingerprint density at radius 2 is 2.11 bits per heavy atom. The predicted octanol–water partition coefficient (Wildman–Crippen LogP) is 3.07. The molecule has 0 aliphatic rings. The lowest BCUT2D eigenvalue weighted by molar-refractivity contribution is 1.06. The Bertz CT molecular complexity index is 733. The number of aryl methyl sites for hydroxylation is 1. The van der Waals surface area contributed by atoms with Gasteiger partial charge in [0, 0.05) is 10.7 Å². The Morgan fingerprint density at radius 1 is 1.28 bits per heavy atom. The van der Waals surface area contributed by atoms with E-state index in [4.69, 9.17) is 5.73 Å². The first-order valence-corrected chi connectivity index (χ1v) is 6.31. The van der Waals surface area contributed by atoms with Gasteiger partial charge in [-0.25, -0.2) is 9.97 Å². The third kappa shape index (κ3) is 1.67. The molecule has 18 heavy (non-hydrogen) atoms. The van der Waals surface area contributed by atoms with Crippen molar-refractivity contribution < 1.29 is 0 Å². The Balaban J connectivity index is 2.37. The van der Waals surface area contributed by atoms with E-state index in [2.05, 4.69) is 25.9 Å². The number of pyridine rings is 1. The molecule has 2 aromatic heterocycles. The predicted molar refractivity (Wildman–Crippen MR) is 75.7 cm³/mol. The van der Waals surface area contributed by atoms with Gasteiger partial charge in [-0.1, -0.05) is 22.0 Å². The van der Waals surface area contributed by atoms with Gasteiger partial charge in [0.15, 0.2) is 5.65 Å². The number of imidazole rings is 1. The molecule has 3 rings (SSSR count). The van der Waals surface area contributed by atoms with E-state index >= 15 is 0 Å². The zero-order valence-corrected chi connectivity index (χ0v) is 11.3. The van der Waals surface area contributed by atoms with Crippen LogP contribution in [0.4, 0.5) is 5.95 Å². The van der Waals surface area contributed by atoms with Crippen LogP contribution in [0.1, 0.15) is 5.56 Å². The summed E-state index contributed by atoms with van der Waals surface area (Å²) in [6.07, 6.45) is 1.74. The van der Waals surface area contributed by atoms with Crippen LogP contribution in [-0.4, -0.2) is 14.5 Å². The highest BCUT2D eigenvalue weighted by Gasteiger charge is 2.12.